The van der Waals surface area contributed by atoms with E-state index < -0.39 is 6.04 Å². The van der Waals surface area contributed by atoms with Gasteiger partial charge in [0.1, 0.15) is 6.04 Å². The summed E-state index contributed by atoms with van der Waals surface area (Å²) < 4.78 is 0. The minimum absolute atomic E-state index is 0.113. The van der Waals surface area contributed by atoms with Gasteiger partial charge in [-0.3, -0.25) is 9.59 Å². The molecule has 1 unspecified atom stereocenters. The summed E-state index contributed by atoms with van der Waals surface area (Å²) >= 11 is 13.0. The molecule has 3 rings (SSSR count). The Hall–Kier alpha value is -2.82. The SMILES string of the molecule is CCCNC(=O)C(Cc1ccccc1)N(Cc1c(Cl)cccc1Cl)C(=O)CCc1ccc(CC)cc1. The molecular weight excluding hydrogens is 491 g/mol. The van der Waals surface area contributed by atoms with Crippen molar-refractivity contribution in [3.05, 3.63) is 105 Å². The maximum Gasteiger partial charge on any atom is 0.243 e. The average molecular weight is 526 g/mol. The molecular formula is C30H34Cl2N2O2. The van der Waals surface area contributed by atoms with Crippen LogP contribution in [0.4, 0.5) is 0 Å². The van der Waals surface area contributed by atoms with Crippen LogP contribution in [0.3, 0.4) is 0 Å². The van der Waals surface area contributed by atoms with Gasteiger partial charge in [-0.05, 0) is 48.1 Å². The lowest BCUT2D eigenvalue weighted by atomic mass is 10.0. The van der Waals surface area contributed by atoms with Crippen LogP contribution in [-0.2, 0) is 35.4 Å². The quantitative estimate of drug-likeness (QED) is 0.288. The van der Waals surface area contributed by atoms with Crippen LogP contribution in [0, 0.1) is 0 Å². The lowest BCUT2D eigenvalue weighted by Crippen LogP contribution is -2.50. The van der Waals surface area contributed by atoms with Gasteiger partial charge in [0.25, 0.3) is 0 Å². The van der Waals surface area contributed by atoms with Crippen molar-refractivity contribution in [1.82, 2.24) is 10.2 Å². The largest absolute Gasteiger partial charge is 0.354 e. The number of nitrogens with zero attached hydrogens (tertiary/aromatic N) is 1. The predicted octanol–water partition coefficient (Wildman–Crippen LogP) is 6.65. The summed E-state index contributed by atoms with van der Waals surface area (Å²) in [6.07, 6.45) is 3.04. The number of aryl methyl sites for hydroxylation is 2. The zero-order chi connectivity index (χ0) is 25.9. The van der Waals surface area contributed by atoms with Gasteiger partial charge in [0, 0.05) is 41.5 Å². The van der Waals surface area contributed by atoms with Gasteiger partial charge < -0.3 is 10.2 Å². The topological polar surface area (TPSA) is 49.4 Å². The fraction of sp³-hybridized carbons (Fsp3) is 0.333. The monoisotopic (exact) mass is 524 g/mol. The standard InChI is InChI=1S/C30H34Cl2N2O2/c1-3-19-33-30(36)28(20-24-9-6-5-7-10-24)34(21-25-26(31)11-8-12-27(25)32)29(35)18-17-23-15-13-22(4-2)14-16-23/h5-16,28H,3-4,17-21H2,1-2H3,(H,33,36). The number of halogens is 2. The van der Waals surface area contributed by atoms with Crippen LogP contribution in [0.2, 0.25) is 10.0 Å². The molecule has 36 heavy (non-hydrogen) atoms. The summed E-state index contributed by atoms with van der Waals surface area (Å²) in [5.74, 6) is -0.289. The number of benzene rings is 3. The third-order valence-corrected chi connectivity index (χ3v) is 6.98. The second-order valence-electron chi connectivity index (χ2n) is 8.89. The minimum Gasteiger partial charge on any atom is -0.354 e. The van der Waals surface area contributed by atoms with Crippen molar-refractivity contribution < 1.29 is 9.59 Å². The first-order valence-corrected chi connectivity index (χ1v) is 13.3. The minimum atomic E-state index is -0.693. The summed E-state index contributed by atoms with van der Waals surface area (Å²) in [4.78, 5) is 28.8. The number of carbonyl (C=O) groups excluding carboxylic acids is 2. The fourth-order valence-corrected chi connectivity index (χ4v) is 4.63. The third-order valence-electron chi connectivity index (χ3n) is 6.27. The van der Waals surface area contributed by atoms with Gasteiger partial charge >= 0.3 is 0 Å². The molecule has 0 fully saturated rings. The van der Waals surface area contributed by atoms with Crippen molar-refractivity contribution in [2.75, 3.05) is 6.54 Å². The van der Waals surface area contributed by atoms with Crippen molar-refractivity contribution in [1.29, 1.82) is 0 Å². The van der Waals surface area contributed by atoms with Crippen LogP contribution in [0.25, 0.3) is 0 Å². The maximum atomic E-state index is 13.7. The van der Waals surface area contributed by atoms with Crippen LogP contribution >= 0.6 is 23.2 Å². The summed E-state index contributed by atoms with van der Waals surface area (Å²) in [6.45, 7) is 4.82. The second-order valence-corrected chi connectivity index (χ2v) is 9.70. The van der Waals surface area contributed by atoms with Crippen molar-refractivity contribution in [3.63, 3.8) is 0 Å². The number of carbonyl (C=O) groups is 2. The van der Waals surface area contributed by atoms with Gasteiger partial charge in [0.15, 0.2) is 0 Å². The summed E-state index contributed by atoms with van der Waals surface area (Å²) in [7, 11) is 0. The van der Waals surface area contributed by atoms with Crippen LogP contribution in [0.5, 0.6) is 0 Å². The zero-order valence-corrected chi connectivity index (χ0v) is 22.5. The Kier molecular flexibility index (Phi) is 10.8. The molecule has 1 atom stereocenters. The smallest absolute Gasteiger partial charge is 0.243 e. The van der Waals surface area contributed by atoms with E-state index >= 15 is 0 Å². The van der Waals surface area contributed by atoms with E-state index in [0.717, 1.165) is 24.0 Å². The molecule has 0 saturated carbocycles. The van der Waals surface area contributed by atoms with E-state index in [2.05, 4.69) is 36.5 Å². The van der Waals surface area contributed by atoms with Crippen molar-refractivity contribution >= 4 is 35.0 Å². The average Bonchev–Trinajstić information content (AvgIpc) is 2.90. The molecule has 1 N–H and O–H groups in total. The van der Waals surface area contributed by atoms with E-state index in [1.54, 1.807) is 23.1 Å². The highest BCUT2D eigenvalue weighted by Crippen LogP contribution is 2.27. The number of amides is 2. The first kappa shape index (κ1) is 27.8. The Morgan fingerprint density at radius 2 is 1.47 bits per heavy atom. The van der Waals surface area contributed by atoms with Crippen LogP contribution in [0.15, 0.2) is 72.8 Å². The molecule has 0 spiro atoms. The van der Waals surface area contributed by atoms with Crippen LogP contribution in [0.1, 0.15) is 48.9 Å². The van der Waals surface area contributed by atoms with Gasteiger partial charge in [0.2, 0.25) is 11.8 Å². The summed E-state index contributed by atoms with van der Waals surface area (Å²) in [6, 6.07) is 22.7. The molecule has 0 aromatic heterocycles. The Morgan fingerprint density at radius 3 is 2.08 bits per heavy atom. The van der Waals surface area contributed by atoms with E-state index in [1.165, 1.54) is 5.56 Å². The molecule has 190 valence electrons. The molecule has 0 aliphatic heterocycles. The molecule has 0 radical (unpaired) electrons. The van der Waals surface area contributed by atoms with Gasteiger partial charge in [-0.25, -0.2) is 0 Å². The van der Waals surface area contributed by atoms with Crippen molar-refractivity contribution in [3.8, 4) is 0 Å². The predicted molar refractivity (Wildman–Crippen MR) is 148 cm³/mol. The van der Waals surface area contributed by atoms with Gasteiger partial charge in [-0.1, -0.05) is 97.7 Å². The Bertz CT molecular complexity index is 1110. The molecule has 0 aliphatic rings. The zero-order valence-electron chi connectivity index (χ0n) is 21.0. The number of hydrogen-bond donors (Lipinski definition) is 1. The first-order valence-electron chi connectivity index (χ1n) is 12.5. The molecule has 0 bridgehead atoms. The first-order chi connectivity index (χ1) is 17.4. The Labute approximate surface area is 224 Å². The lowest BCUT2D eigenvalue weighted by Gasteiger charge is -2.32. The van der Waals surface area contributed by atoms with Gasteiger partial charge in [-0.2, -0.15) is 0 Å². The second kappa shape index (κ2) is 14.1. The number of nitrogens with one attached hydrogen (secondary N) is 1. The van der Waals surface area contributed by atoms with Crippen molar-refractivity contribution in [2.24, 2.45) is 0 Å². The van der Waals surface area contributed by atoms with Gasteiger partial charge in [-0.15, -0.1) is 0 Å². The van der Waals surface area contributed by atoms with E-state index in [-0.39, 0.29) is 24.8 Å². The van der Waals surface area contributed by atoms with E-state index in [9.17, 15) is 9.59 Å². The molecule has 3 aromatic rings. The number of rotatable bonds is 12. The van der Waals surface area contributed by atoms with Crippen LogP contribution in [-0.4, -0.2) is 29.3 Å². The van der Waals surface area contributed by atoms with E-state index in [0.29, 0.717) is 35.0 Å². The Balaban J connectivity index is 1.92. The molecule has 2 amide bonds. The van der Waals surface area contributed by atoms with Gasteiger partial charge in [0.05, 0.1) is 0 Å². The molecule has 3 aromatic carbocycles. The maximum absolute atomic E-state index is 13.7. The number of hydrogen-bond acceptors (Lipinski definition) is 2. The molecule has 4 nitrogen and oxygen atoms in total. The molecule has 0 saturated heterocycles. The van der Waals surface area contributed by atoms with E-state index in [4.69, 9.17) is 23.2 Å². The van der Waals surface area contributed by atoms with Crippen molar-refractivity contribution in [2.45, 2.75) is 58.5 Å². The van der Waals surface area contributed by atoms with Crippen LogP contribution < -0.4 is 5.32 Å². The van der Waals surface area contributed by atoms with E-state index in [1.807, 2.05) is 37.3 Å². The molecule has 6 heteroatoms. The lowest BCUT2D eigenvalue weighted by molar-refractivity contribution is -0.141. The molecule has 0 aliphatic carbocycles. The normalized spacial score (nSPS) is 11.7. The highest BCUT2D eigenvalue weighted by Gasteiger charge is 2.31. The highest BCUT2D eigenvalue weighted by atomic mass is 35.5. The molecule has 0 heterocycles. The Morgan fingerprint density at radius 1 is 0.833 bits per heavy atom. The summed E-state index contributed by atoms with van der Waals surface area (Å²) in [5.41, 5.74) is 3.97. The highest BCUT2D eigenvalue weighted by molar-refractivity contribution is 6.36. The fourth-order valence-electron chi connectivity index (χ4n) is 4.11. The summed E-state index contributed by atoms with van der Waals surface area (Å²) in [5, 5.41) is 3.94. The third kappa shape index (κ3) is 7.84.